The second-order valence-corrected chi connectivity index (χ2v) is 7.68. The maximum Gasteiger partial charge on any atom is 0.244 e. The van der Waals surface area contributed by atoms with Gasteiger partial charge in [-0.25, -0.2) is 0 Å². The Kier molecular flexibility index (Phi) is 5.09. The Morgan fingerprint density at radius 2 is 2.03 bits per heavy atom. The van der Waals surface area contributed by atoms with E-state index in [-0.39, 0.29) is 24.3 Å². The molecule has 6 heteroatoms. The Labute approximate surface area is 170 Å². The fraction of sp³-hybridized carbons (Fsp3) is 0.348. The molecule has 0 radical (unpaired) electrons. The molecule has 1 aliphatic carbocycles. The maximum absolute atomic E-state index is 13.3. The molecule has 1 heterocycles. The van der Waals surface area contributed by atoms with Crippen LogP contribution in [0.4, 0.5) is 17.1 Å². The molecule has 1 aliphatic heterocycles. The van der Waals surface area contributed by atoms with E-state index in [0.29, 0.717) is 17.1 Å². The topological polar surface area (TPSA) is 71.0 Å². The quantitative estimate of drug-likeness (QED) is 0.850. The normalized spacial score (nSPS) is 17.9. The maximum atomic E-state index is 13.3. The van der Waals surface area contributed by atoms with Gasteiger partial charge in [-0.1, -0.05) is 6.07 Å². The molecule has 2 aromatic rings. The van der Waals surface area contributed by atoms with Crippen LogP contribution in [0.25, 0.3) is 0 Å². The Balaban J connectivity index is 1.64. The summed E-state index contributed by atoms with van der Waals surface area (Å²) in [5, 5.41) is 2.87. The predicted octanol–water partition coefficient (Wildman–Crippen LogP) is 4.17. The van der Waals surface area contributed by atoms with E-state index in [1.165, 1.54) is 0 Å². The van der Waals surface area contributed by atoms with Crippen molar-refractivity contribution in [2.24, 2.45) is 10.9 Å². The summed E-state index contributed by atoms with van der Waals surface area (Å²) in [6, 6.07) is 11.1. The third-order valence-electron chi connectivity index (χ3n) is 5.69. The summed E-state index contributed by atoms with van der Waals surface area (Å²) in [7, 11) is 1.58. The summed E-state index contributed by atoms with van der Waals surface area (Å²) in [5.74, 6) is 0.142. The summed E-state index contributed by atoms with van der Waals surface area (Å²) in [6.07, 6.45) is 2.59. The van der Waals surface area contributed by atoms with Crippen LogP contribution in [-0.4, -0.2) is 31.2 Å². The summed E-state index contributed by atoms with van der Waals surface area (Å²) >= 11 is 0. The van der Waals surface area contributed by atoms with Gasteiger partial charge in [-0.3, -0.25) is 14.6 Å². The Morgan fingerprint density at radius 1 is 1.24 bits per heavy atom. The lowest BCUT2D eigenvalue weighted by atomic mass is 10.0. The summed E-state index contributed by atoms with van der Waals surface area (Å²) in [5.41, 5.74) is 5.25. The van der Waals surface area contributed by atoms with Gasteiger partial charge < -0.3 is 15.0 Å². The number of carbonyl (C=O) groups is 2. The molecule has 4 rings (SSSR count). The largest absolute Gasteiger partial charge is 0.497 e. The lowest BCUT2D eigenvalue weighted by Crippen LogP contribution is -2.42. The third kappa shape index (κ3) is 3.75. The van der Waals surface area contributed by atoms with E-state index in [1.54, 1.807) is 24.1 Å². The van der Waals surface area contributed by atoms with Gasteiger partial charge in [-0.15, -0.1) is 0 Å². The predicted molar refractivity (Wildman–Crippen MR) is 114 cm³/mol. The highest BCUT2D eigenvalue weighted by Crippen LogP contribution is 2.39. The smallest absolute Gasteiger partial charge is 0.244 e. The van der Waals surface area contributed by atoms with Crippen molar-refractivity contribution in [3.8, 4) is 5.75 Å². The lowest BCUT2D eigenvalue weighted by molar-refractivity contribution is -0.122. The van der Waals surface area contributed by atoms with Crippen LogP contribution in [0.5, 0.6) is 5.75 Å². The number of rotatable bonds is 4. The van der Waals surface area contributed by atoms with Crippen molar-refractivity contribution >= 4 is 34.6 Å². The standard InChI is InChI=1S/C23H25N3O3/c1-14-10-20-21(11-15(14)2)26(23(28)18-8-5-9-19(18)25-20)13-22(27)24-16-6-4-7-17(12-16)29-3/h4,6-7,10-12,18H,5,8-9,13H2,1-3H3,(H,24,27). The molecule has 29 heavy (non-hydrogen) atoms. The van der Waals surface area contributed by atoms with Crippen LogP contribution in [-0.2, 0) is 9.59 Å². The van der Waals surface area contributed by atoms with Crippen molar-refractivity contribution in [2.45, 2.75) is 33.1 Å². The lowest BCUT2D eigenvalue weighted by Gasteiger charge is -2.25. The zero-order chi connectivity index (χ0) is 20.5. The molecule has 2 aromatic carbocycles. The van der Waals surface area contributed by atoms with Gasteiger partial charge in [-0.05, 0) is 68.5 Å². The molecule has 0 saturated heterocycles. The number of aryl methyl sites for hydroxylation is 2. The molecule has 1 N–H and O–H groups in total. The van der Waals surface area contributed by atoms with Crippen LogP contribution < -0.4 is 15.0 Å². The van der Waals surface area contributed by atoms with E-state index in [4.69, 9.17) is 9.73 Å². The van der Waals surface area contributed by atoms with Crippen LogP contribution >= 0.6 is 0 Å². The number of ether oxygens (including phenoxy) is 1. The number of nitrogens with one attached hydrogen (secondary N) is 1. The van der Waals surface area contributed by atoms with Gasteiger partial charge in [0.2, 0.25) is 11.8 Å². The van der Waals surface area contributed by atoms with Gasteiger partial charge in [0.15, 0.2) is 0 Å². The SMILES string of the molecule is COc1cccc(NC(=O)CN2C(=O)C3CCCC3=Nc3cc(C)c(C)cc32)c1. The van der Waals surface area contributed by atoms with Crippen LogP contribution in [0, 0.1) is 19.8 Å². The van der Waals surface area contributed by atoms with Crippen molar-refractivity contribution in [1.82, 2.24) is 0 Å². The van der Waals surface area contributed by atoms with Crippen LogP contribution in [0.2, 0.25) is 0 Å². The highest BCUT2D eigenvalue weighted by Gasteiger charge is 2.37. The van der Waals surface area contributed by atoms with E-state index >= 15 is 0 Å². The number of nitrogens with zero attached hydrogens (tertiary/aromatic N) is 2. The van der Waals surface area contributed by atoms with Crippen LogP contribution in [0.15, 0.2) is 41.4 Å². The van der Waals surface area contributed by atoms with Gasteiger partial charge in [0.05, 0.1) is 24.4 Å². The summed E-state index contributed by atoms with van der Waals surface area (Å²) in [6.45, 7) is 3.99. The molecule has 150 valence electrons. The minimum Gasteiger partial charge on any atom is -0.497 e. The third-order valence-corrected chi connectivity index (χ3v) is 5.69. The molecule has 1 fully saturated rings. The first kappa shape index (κ1) is 19.2. The summed E-state index contributed by atoms with van der Waals surface area (Å²) in [4.78, 5) is 32.6. The van der Waals surface area contributed by atoms with E-state index in [9.17, 15) is 9.59 Å². The van der Waals surface area contributed by atoms with Crippen LogP contribution in [0.3, 0.4) is 0 Å². The molecule has 6 nitrogen and oxygen atoms in total. The molecule has 0 bridgehead atoms. The Bertz CT molecular complexity index is 1010. The van der Waals surface area contributed by atoms with Crippen molar-refractivity contribution in [3.05, 3.63) is 47.5 Å². The van der Waals surface area contributed by atoms with Crippen molar-refractivity contribution in [2.75, 3.05) is 23.9 Å². The van der Waals surface area contributed by atoms with Crippen molar-refractivity contribution in [3.63, 3.8) is 0 Å². The first-order valence-electron chi connectivity index (χ1n) is 9.90. The first-order chi connectivity index (χ1) is 14.0. The fourth-order valence-corrected chi connectivity index (χ4v) is 3.99. The molecule has 1 saturated carbocycles. The highest BCUT2D eigenvalue weighted by atomic mass is 16.5. The number of hydrogen-bond acceptors (Lipinski definition) is 4. The highest BCUT2D eigenvalue weighted by molar-refractivity contribution is 6.17. The Morgan fingerprint density at radius 3 is 2.83 bits per heavy atom. The number of anilines is 2. The van der Waals surface area contributed by atoms with Crippen molar-refractivity contribution < 1.29 is 14.3 Å². The number of amides is 2. The second kappa shape index (κ2) is 7.70. The van der Waals surface area contributed by atoms with E-state index in [1.807, 2.05) is 38.1 Å². The van der Waals surface area contributed by atoms with Gasteiger partial charge >= 0.3 is 0 Å². The van der Waals surface area contributed by atoms with Gasteiger partial charge in [0.25, 0.3) is 0 Å². The number of fused-ring (bicyclic) bond motifs is 2. The zero-order valence-corrected chi connectivity index (χ0v) is 17.0. The molecular weight excluding hydrogens is 366 g/mol. The number of carbonyl (C=O) groups excluding carboxylic acids is 2. The average molecular weight is 391 g/mol. The second-order valence-electron chi connectivity index (χ2n) is 7.68. The molecule has 1 atom stereocenters. The minimum absolute atomic E-state index is 0.0379. The van der Waals surface area contributed by atoms with E-state index < -0.39 is 0 Å². The first-order valence-corrected chi connectivity index (χ1v) is 9.90. The molecule has 0 aromatic heterocycles. The zero-order valence-electron chi connectivity index (χ0n) is 17.0. The number of aliphatic imine (C=N–C) groups is 1. The van der Waals surface area contributed by atoms with E-state index in [0.717, 1.165) is 41.8 Å². The monoisotopic (exact) mass is 391 g/mol. The fourth-order valence-electron chi connectivity index (χ4n) is 3.99. The molecule has 0 spiro atoms. The van der Waals surface area contributed by atoms with Crippen LogP contribution in [0.1, 0.15) is 30.4 Å². The average Bonchev–Trinajstić information content (AvgIpc) is 3.13. The molecule has 2 amide bonds. The Hall–Kier alpha value is -3.15. The number of hydrogen-bond donors (Lipinski definition) is 1. The minimum atomic E-state index is -0.253. The molecule has 1 unspecified atom stereocenters. The van der Waals surface area contributed by atoms with Crippen molar-refractivity contribution in [1.29, 1.82) is 0 Å². The van der Waals surface area contributed by atoms with Gasteiger partial charge in [0, 0.05) is 17.5 Å². The molecular formula is C23H25N3O3. The number of benzene rings is 2. The summed E-state index contributed by atoms with van der Waals surface area (Å²) < 4.78 is 5.21. The van der Waals surface area contributed by atoms with Gasteiger partial charge in [0.1, 0.15) is 12.3 Å². The number of methoxy groups -OCH3 is 1. The van der Waals surface area contributed by atoms with E-state index in [2.05, 4.69) is 5.32 Å². The van der Waals surface area contributed by atoms with Gasteiger partial charge in [-0.2, -0.15) is 0 Å². The molecule has 2 aliphatic rings.